The first-order chi connectivity index (χ1) is 11.3. The van der Waals surface area contributed by atoms with Gasteiger partial charge < -0.3 is 25.2 Å². The molecule has 0 aliphatic rings. The number of aliphatic hydroxyl groups excluding tert-OH is 1. The number of nitrogens with two attached hydrogens (primary N) is 1. The fourth-order valence-corrected chi connectivity index (χ4v) is 2.56. The van der Waals surface area contributed by atoms with E-state index in [2.05, 4.69) is 25.3 Å². The summed E-state index contributed by atoms with van der Waals surface area (Å²) >= 11 is 0. The van der Waals surface area contributed by atoms with Gasteiger partial charge in [0.2, 0.25) is 5.95 Å². The molecule has 0 saturated carbocycles. The predicted octanol–water partition coefficient (Wildman–Crippen LogP) is -2.67. The minimum Gasteiger partial charge on any atom is -0.394 e. The number of aromatic nitrogens is 7. The summed E-state index contributed by atoms with van der Waals surface area (Å²) in [4.78, 5) is 40.1. The average molecular weight is 356 g/mol. The molecule has 3 aromatic heterocycles. The summed E-state index contributed by atoms with van der Waals surface area (Å²) in [6.07, 6.45) is 2.39. The number of rotatable bonds is 5. The first kappa shape index (κ1) is 16.3. The van der Waals surface area contributed by atoms with E-state index in [0.29, 0.717) is 0 Å². The Morgan fingerprint density at radius 2 is 2.17 bits per heavy atom. The molecule has 6 N–H and O–H groups in total. The van der Waals surface area contributed by atoms with Gasteiger partial charge >= 0.3 is 7.60 Å². The van der Waals surface area contributed by atoms with Crippen LogP contribution in [0.4, 0.5) is 5.95 Å². The lowest BCUT2D eigenvalue weighted by molar-refractivity contribution is 0.202. The van der Waals surface area contributed by atoms with Gasteiger partial charge in [0.25, 0.3) is 5.56 Å². The molecule has 14 heteroatoms. The zero-order valence-corrected chi connectivity index (χ0v) is 12.9. The third kappa shape index (κ3) is 2.92. The number of imidazole rings is 1. The Morgan fingerprint density at radius 1 is 1.42 bits per heavy atom. The van der Waals surface area contributed by atoms with Crippen molar-refractivity contribution in [1.82, 2.24) is 34.5 Å². The molecule has 24 heavy (non-hydrogen) atoms. The summed E-state index contributed by atoms with van der Waals surface area (Å²) in [5.74, 6) is -0.0839. The van der Waals surface area contributed by atoms with Crippen molar-refractivity contribution in [2.24, 2.45) is 0 Å². The van der Waals surface area contributed by atoms with E-state index >= 15 is 0 Å². The van der Waals surface area contributed by atoms with Crippen molar-refractivity contribution in [3.05, 3.63) is 22.9 Å². The fraction of sp³-hybridized carbons (Fsp3) is 0.300. The van der Waals surface area contributed by atoms with Crippen molar-refractivity contribution in [2.75, 3.05) is 12.3 Å². The maximum absolute atomic E-state index is 11.7. The van der Waals surface area contributed by atoms with E-state index in [9.17, 15) is 14.5 Å². The number of nitrogen functional groups attached to an aromatic ring is 1. The molecule has 0 unspecified atom stereocenters. The normalized spacial score (nSPS) is 13.5. The van der Waals surface area contributed by atoms with Crippen molar-refractivity contribution in [3.63, 3.8) is 0 Å². The van der Waals surface area contributed by atoms with Crippen LogP contribution in [0.5, 0.6) is 0 Å². The van der Waals surface area contributed by atoms with Gasteiger partial charge in [-0.2, -0.15) is 4.98 Å². The summed E-state index contributed by atoms with van der Waals surface area (Å²) in [5.41, 5.74) is 4.80. The molecular weight excluding hydrogens is 343 g/mol. The molecule has 3 aromatic rings. The Kier molecular flexibility index (Phi) is 3.93. The topological polar surface area (TPSA) is 198 Å². The Labute approximate surface area is 132 Å². The van der Waals surface area contributed by atoms with Crippen molar-refractivity contribution in [1.29, 1.82) is 0 Å². The van der Waals surface area contributed by atoms with Gasteiger partial charge in [-0.3, -0.25) is 14.3 Å². The number of aliphatic hydroxyl groups is 1. The first-order valence-corrected chi connectivity index (χ1v) is 8.20. The number of hydrogen-bond acceptors (Lipinski definition) is 8. The maximum atomic E-state index is 11.7. The summed E-state index contributed by atoms with van der Waals surface area (Å²) in [7, 11) is -4.54. The zero-order valence-electron chi connectivity index (χ0n) is 12.0. The molecule has 0 amide bonds. The van der Waals surface area contributed by atoms with Crippen molar-refractivity contribution in [3.8, 4) is 0 Å². The summed E-state index contributed by atoms with van der Waals surface area (Å²) < 4.78 is 13.8. The Morgan fingerprint density at radius 3 is 2.79 bits per heavy atom. The fourth-order valence-electron chi connectivity index (χ4n) is 2.14. The predicted molar refractivity (Wildman–Crippen MR) is 80.4 cm³/mol. The van der Waals surface area contributed by atoms with Crippen LogP contribution in [0.3, 0.4) is 0 Å². The average Bonchev–Trinajstić information content (AvgIpc) is 3.11. The van der Waals surface area contributed by atoms with E-state index in [1.54, 1.807) is 0 Å². The summed E-state index contributed by atoms with van der Waals surface area (Å²) in [6, 6.07) is -0.711. The van der Waals surface area contributed by atoms with Crippen molar-refractivity contribution >= 4 is 30.1 Å². The molecule has 3 rings (SSSR count). The number of H-pyrrole nitrogens is 1. The Hall–Kier alpha value is -2.60. The number of anilines is 1. The number of aromatic amines is 1. The van der Waals surface area contributed by atoms with Crippen LogP contribution < -0.4 is 16.7 Å². The van der Waals surface area contributed by atoms with Crippen LogP contribution in [0, 0.1) is 0 Å². The molecule has 13 nitrogen and oxygen atoms in total. The molecule has 0 saturated heterocycles. The lowest BCUT2D eigenvalue weighted by Crippen LogP contribution is -2.21. The van der Waals surface area contributed by atoms with Crippen LogP contribution in [-0.2, 0) is 11.1 Å². The van der Waals surface area contributed by atoms with Crippen LogP contribution in [0.25, 0.3) is 11.2 Å². The standard InChI is InChI=1S/C10H13N8O5P/c11-10-13-8-7(9(20)14-10)12-4-17(8)1-5(3-19)18-2-6(15-16-18)24(21,22)23/h2,4-5,19H,1,3H2,(H2,21,22,23)(H3,11,13,14,20)/t5-/m0/s1. The van der Waals surface area contributed by atoms with Crippen LogP contribution in [0.1, 0.15) is 6.04 Å². The smallest absolute Gasteiger partial charge is 0.377 e. The molecule has 0 aromatic carbocycles. The van der Waals surface area contributed by atoms with E-state index in [1.165, 1.54) is 10.9 Å². The highest BCUT2D eigenvalue weighted by Crippen LogP contribution is 2.31. The summed E-state index contributed by atoms with van der Waals surface area (Å²) in [5, 5.41) is 16.6. The third-order valence-electron chi connectivity index (χ3n) is 3.28. The molecule has 0 aliphatic heterocycles. The SMILES string of the molecule is Nc1nc2c(ncn2C[C@@H](CO)n2cc(P(=O)(O)O)nn2)c(=O)[nH]1. The number of nitrogens with one attached hydrogen (secondary N) is 1. The Balaban J connectivity index is 1.95. The van der Waals surface area contributed by atoms with Gasteiger partial charge in [0.1, 0.15) is 0 Å². The zero-order chi connectivity index (χ0) is 17.5. The second-order valence-corrected chi connectivity index (χ2v) is 6.50. The number of nitrogens with zero attached hydrogens (tertiary/aromatic N) is 6. The molecule has 3 heterocycles. The van der Waals surface area contributed by atoms with Crippen LogP contribution in [0.2, 0.25) is 0 Å². The largest absolute Gasteiger partial charge is 0.394 e. The Bertz CT molecular complexity index is 987. The molecular formula is C10H13N8O5P. The van der Waals surface area contributed by atoms with E-state index in [1.807, 2.05) is 0 Å². The third-order valence-corrected chi connectivity index (χ3v) is 4.08. The second-order valence-electron chi connectivity index (χ2n) is 4.96. The van der Waals surface area contributed by atoms with Crippen molar-refractivity contribution < 1.29 is 19.5 Å². The van der Waals surface area contributed by atoms with E-state index in [0.717, 1.165) is 10.9 Å². The molecule has 128 valence electrons. The van der Waals surface area contributed by atoms with Gasteiger partial charge in [-0.1, -0.05) is 5.21 Å². The van der Waals surface area contributed by atoms with Crippen LogP contribution in [0.15, 0.2) is 17.3 Å². The van der Waals surface area contributed by atoms with Crippen LogP contribution in [-0.4, -0.2) is 56.0 Å². The molecule has 0 aliphatic carbocycles. The van der Waals surface area contributed by atoms with Crippen molar-refractivity contribution in [2.45, 2.75) is 12.6 Å². The molecule has 0 spiro atoms. The minimum absolute atomic E-state index is 0.0762. The van der Waals surface area contributed by atoms with E-state index in [-0.39, 0.29) is 23.7 Å². The molecule has 0 fully saturated rings. The van der Waals surface area contributed by atoms with Gasteiger partial charge in [-0.05, 0) is 0 Å². The second kappa shape index (κ2) is 5.79. The van der Waals surface area contributed by atoms with Gasteiger partial charge in [0.05, 0.1) is 31.7 Å². The van der Waals surface area contributed by atoms with E-state index < -0.39 is 31.2 Å². The molecule has 0 radical (unpaired) electrons. The minimum atomic E-state index is -4.54. The number of fused-ring (bicyclic) bond motifs is 1. The molecule has 0 bridgehead atoms. The highest BCUT2D eigenvalue weighted by Gasteiger charge is 2.24. The maximum Gasteiger partial charge on any atom is 0.377 e. The summed E-state index contributed by atoms with van der Waals surface area (Å²) in [6.45, 7) is -0.324. The van der Waals surface area contributed by atoms with Gasteiger partial charge in [-0.15, -0.1) is 5.10 Å². The number of hydrogen-bond donors (Lipinski definition) is 5. The quantitative estimate of drug-likeness (QED) is 0.300. The lowest BCUT2D eigenvalue weighted by Gasteiger charge is -2.14. The van der Waals surface area contributed by atoms with Gasteiger partial charge in [0, 0.05) is 0 Å². The van der Waals surface area contributed by atoms with Crippen LogP contribution >= 0.6 is 7.60 Å². The van der Waals surface area contributed by atoms with E-state index in [4.69, 9.17) is 15.5 Å². The highest BCUT2D eigenvalue weighted by molar-refractivity contribution is 7.59. The highest BCUT2D eigenvalue weighted by atomic mass is 31.2. The monoisotopic (exact) mass is 356 g/mol. The van der Waals surface area contributed by atoms with Gasteiger partial charge in [-0.25, -0.2) is 9.67 Å². The lowest BCUT2D eigenvalue weighted by atomic mass is 10.3. The molecule has 1 atom stereocenters. The first-order valence-electron chi connectivity index (χ1n) is 6.59. The van der Waals surface area contributed by atoms with Gasteiger partial charge in [0.15, 0.2) is 16.6 Å².